The molecule has 0 bridgehead atoms. The summed E-state index contributed by atoms with van der Waals surface area (Å²) in [5, 5.41) is 7.62. The molecule has 0 aliphatic heterocycles. The molecule has 5 aromatic rings. The highest BCUT2D eigenvalue weighted by molar-refractivity contribution is 6.32. The Labute approximate surface area is 209 Å². The topological polar surface area (TPSA) is 54.2 Å². The summed E-state index contributed by atoms with van der Waals surface area (Å²) in [6.07, 6.45) is 4.28. The van der Waals surface area contributed by atoms with Gasteiger partial charge in [0.05, 0.1) is 27.9 Å². The molecule has 174 valence electrons. The van der Waals surface area contributed by atoms with Gasteiger partial charge in [0.25, 0.3) is 0 Å². The van der Waals surface area contributed by atoms with E-state index in [9.17, 15) is 0 Å². The van der Waals surface area contributed by atoms with Crippen LogP contribution in [0, 0.1) is 6.92 Å². The molecular weight excluding hydrogens is 454 g/mol. The Morgan fingerprint density at radius 3 is 2.69 bits per heavy atom. The number of halogens is 1. The maximum Gasteiger partial charge on any atom is 0.181 e. The first-order chi connectivity index (χ1) is 17.1. The zero-order chi connectivity index (χ0) is 23.9. The van der Waals surface area contributed by atoms with Gasteiger partial charge in [0.2, 0.25) is 0 Å². The summed E-state index contributed by atoms with van der Waals surface area (Å²) in [5.41, 5.74) is 8.82. The van der Waals surface area contributed by atoms with Crippen LogP contribution < -0.4 is 10.6 Å². The Hall–Kier alpha value is -3.83. The van der Waals surface area contributed by atoms with E-state index in [2.05, 4.69) is 64.9 Å². The molecular formula is C29H26ClN5. The first-order valence-corrected chi connectivity index (χ1v) is 12.3. The Morgan fingerprint density at radius 1 is 1.09 bits per heavy atom. The number of benzene rings is 3. The predicted octanol–water partition coefficient (Wildman–Crippen LogP) is 6.85. The van der Waals surface area contributed by atoms with Gasteiger partial charge in [0.15, 0.2) is 11.5 Å². The standard InChI is InChI=1S/C29H26ClN5/c1-18-8-13-26-25(14-18)34-28(31-16-20-6-4-3-5-7-20)29-32-17-27(35(26)29)21-9-12-23(24(30)15-21)19(2)33-22-10-11-22/h3-9,12-15,17,22,33H,2,10-11,16H2,1H3,(H,31,34). The summed E-state index contributed by atoms with van der Waals surface area (Å²) in [6.45, 7) is 6.93. The molecule has 0 spiro atoms. The summed E-state index contributed by atoms with van der Waals surface area (Å²) in [4.78, 5) is 9.71. The summed E-state index contributed by atoms with van der Waals surface area (Å²) in [5.74, 6) is 0.753. The molecule has 2 heterocycles. The second kappa shape index (κ2) is 8.75. The summed E-state index contributed by atoms with van der Waals surface area (Å²) >= 11 is 6.73. The molecule has 1 aliphatic rings. The van der Waals surface area contributed by atoms with Gasteiger partial charge in [-0.15, -0.1) is 0 Å². The average molecular weight is 480 g/mol. The molecule has 2 aromatic heterocycles. The average Bonchev–Trinajstić information content (AvgIpc) is 3.56. The molecule has 0 amide bonds. The summed E-state index contributed by atoms with van der Waals surface area (Å²) < 4.78 is 2.16. The van der Waals surface area contributed by atoms with Gasteiger partial charge in [-0.2, -0.15) is 0 Å². The van der Waals surface area contributed by atoms with Gasteiger partial charge in [-0.05, 0) is 49.1 Å². The Morgan fingerprint density at radius 2 is 1.91 bits per heavy atom. The third kappa shape index (κ3) is 4.24. The highest BCUT2D eigenvalue weighted by atomic mass is 35.5. The van der Waals surface area contributed by atoms with Gasteiger partial charge in [-0.3, -0.25) is 4.40 Å². The molecule has 5 nitrogen and oxygen atoms in total. The van der Waals surface area contributed by atoms with Gasteiger partial charge in [0, 0.05) is 29.4 Å². The van der Waals surface area contributed by atoms with Crippen molar-refractivity contribution in [2.24, 2.45) is 0 Å². The zero-order valence-corrected chi connectivity index (χ0v) is 20.3. The molecule has 35 heavy (non-hydrogen) atoms. The lowest BCUT2D eigenvalue weighted by molar-refractivity contribution is 0.885. The predicted molar refractivity (Wildman–Crippen MR) is 145 cm³/mol. The number of hydrogen-bond donors (Lipinski definition) is 2. The Bertz CT molecular complexity index is 1570. The zero-order valence-electron chi connectivity index (χ0n) is 19.6. The van der Waals surface area contributed by atoms with E-state index in [-0.39, 0.29) is 0 Å². The number of imidazole rings is 1. The Kier molecular flexibility index (Phi) is 5.42. The van der Waals surface area contributed by atoms with Crippen LogP contribution in [0.25, 0.3) is 33.6 Å². The maximum atomic E-state index is 6.73. The molecule has 1 saturated carbocycles. The molecule has 6 heteroatoms. The molecule has 0 saturated heterocycles. The van der Waals surface area contributed by atoms with E-state index in [1.807, 2.05) is 36.5 Å². The van der Waals surface area contributed by atoms with Crippen LogP contribution in [0.2, 0.25) is 5.02 Å². The van der Waals surface area contributed by atoms with Crippen LogP contribution in [0.3, 0.4) is 0 Å². The number of nitrogens with one attached hydrogen (secondary N) is 2. The van der Waals surface area contributed by atoms with Gasteiger partial charge < -0.3 is 10.6 Å². The first-order valence-electron chi connectivity index (χ1n) is 11.9. The number of rotatable bonds is 7. The maximum absolute atomic E-state index is 6.73. The highest BCUT2D eigenvalue weighted by Gasteiger charge is 2.22. The van der Waals surface area contributed by atoms with Crippen molar-refractivity contribution in [2.75, 3.05) is 5.32 Å². The molecule has 0 radical (unpaired) electrons. The summed E-state index contributed by atoms with van der Waals surface area (Å²) in [6, 6.07) is 23.3. The smallest absolute Gasteiger partial charge is 0.181 e. The van der Waals surface area contributed by atoms with Crippen LogP contribution in [-0.4, -0.2) is 20.4 Å². The third-order valence-electron chi connectivity index (χ3n) is 6.43. The molecule has 3 aromatic carbocycles. The quantitative estimate of drug-likeness (QED) is 0.268. The second-order valence-corrected chi connectivity index (χ2v) is 9.59. The van der Waals surface area contributed by atoms with E-state index in [4.69, 9.17) is 21.6 Å². The number of anilines is 1. The fraction of sp³-hybridized carbons (Fsp3) is 0.172. The molecule has 1 aliphatic carbocycles. The highest BCUT2D eigenvalue weighted by Crippen LogP contribution is 2.33. The van der Waals surface area contributed by atoms with E-state index in [1.165, 1.54) is 18.4 Å². The van der Waals surface area contributed by atoms with Gasteiger partial charge in [-0.25, -0.2) is 9.97 Å². The van der Waals surface area contributed by atoms with E-state index < -0.39 is 0 Å². The lowest BCUT2D eigenvalue weighted by atomic mass is 10.1. The fourth-order valence-electron chi connectivity index (χ4n) is 4.42. The monoisotopic (exact) mass is 479 g/mol. The number of aromatic nitrogens is 3. The van der Waals surface area contributed by atoms with Crippen LogP contribution in [0.1, 0.15) is 29.5 Å². The first kappa shape index (κ1) is 21.7. The number of nitrogens with zero attached hydrogens (tertiary/aromatic N) is 3. The van der Waals surface area contributed by atoms with Crippen LogP contribution in [0.4, 0.5) is 5.82 Å². The normalized spacial score (nSPS) is 13.3. The molecule has 2 N–H and O–H groups in total. The van der Waals surface area contributed by atoms with Gasteiger partial charge in [0.1, 0.15) is 0 Å². The van der Waals surface area contributed by atoms with Crippen molar-refractivity contribution in [1.29, 1.82) is 0 Å². The summed E-state index contributed by atoms with van der Waals surface area (Å²) in [7, 11) is 0. The molecule has 0 atom stereocenters. The van der Waals surface area contributed by atoms with E-state index in [0.717, 1.165) is 50.6 Å². The van der Waals surface area contributed by atoms with Crippen molar-refractivity contribution in [3.05, 3.63) is 101 Å². The molecule has 6 rings (SSSR count). The van der Waals surface area contributed by atoms with Crippen molar-refractivity contribution in [3.8, 4) is 11.3 Å². The number of aryl methyl sites for hydroxylation is 1. The van der Waals surface area contributed by atoms with Crippen molar-refractivity contribution < 1.29 is 0 Å². The van der Waals surface area contributed by atoms with Crippen LogP contribution in [0.15, 0.2) is 79.5 Å². The van der Waals surface area contributed by atoms with Crippen LogP contribution in [-0.2, 0) is 6.54 Å². The third-order valence-corrected chi connectivity index (χ3v) is 6.74. The van der Waals surface area contributed by atoms with Crippen molar-refractivity contribution >= 4 is 39.8 Å². The molecule has 1 fully saturated rings. The van der Waals surface area contributed by atoms with Gasteiger partial charge in [-0.1, -0.05) is 66.7 Å². The van der Waals surface area contributed by atoms with E-state index in [1.54, 1.807) is 0 Å². The number of hydrogen-bond acceptors (Lipinski definition) is 4. The minimum atomic E-state index is 0.529. The second-order valence-electron chi connectivity index (χ2n) is 9.19. The minimum absolute atomic E-state index is 0.529. The van der Waals surface area contributed by atoms with Crippen LogP contribution >= 0.6 is 11.6 Å². The van der Waals surface area contributed by atoms with Crippen molar-refractivity contribution in [3.63, 3.8) is 0 Å². The fourth-order valence-corrected chi connectivity index (χ4v) is 4.71. The SMILES string of the molecule is C=C(NC1CC1)c1ccc(-c2cnc3c(NCc4ccccc4)nc4cc(C)ccc4n23)cc1Cl. The van der Waals surface area contributed by atoms with Gasteiger partial charge >= 0.3 is 0 Å². The Balaban J connectivity index is 1.44. The molecule has 0 unspecified atom stereocenters. The largest absolute Gasteiger partial charge is 0.382 e. The minimum Gasteiger partial charge on any atom is -0.382 e. The lowest BCUT2D eigenvalue weighted by Crippen LogP contribution is -2.13. The van der Waals surface area contributed by atoms with E-state index in [0.29, 0.717) is 17.6 Å². The van der Waals surface area contributed by atoms with Crippen LogP contribution in [0.5, 0.6) is 0 Å². The van der Waals surface area contributed by atoms with Crippen molar-refractivity contribution in [2.45, 2.75) is 32.4 Å². The number of fused-ring (bicyclic) bond motifs is 3. The lowest BCUT2D eigenvalue weighted by Gasteiger charge is -2.14. The van der Waals surface area contributed by atoms with Crippen molar-refractivity contribution in [1.82, 2.24) is 19.7 Å². The van der Waals surface area contributed by atoms with E-state index >= 15 is 0 Å².